The molecule has 1 aliphatic carbocycles. The SMILES string of the molecule is CN(c1cc(C(=O)O)c(N)cn1)C1CCC1. The van der Waals surface area contributed by atoms with Crippen molar-refractivity contribution in [2.24, 2.45) is 0 Å². The van der Waals surface area contributed by atoms with E-state index in [1.165, 1.54) is 18.7 Å². The Morgan fingerprint density at radius 2 is 2.31 bits per heavy atom. The van der Waals surface area contributed by atoms with E-state index in [0.717, 1.165) is 12.8 Å². The van der Waals surface area contributed by atoms with E-state index in [2.05, 4.69) is 4.98 Å². The number of nitrogen functional groups attached to an aromatic ring is 1. The molecule has 5 nitrogen and oxygen atoms in total. The Morgan fingerprint density at radius 1 is 1.62 bits per heavy atom. The van der Waals surface area contributed by atoms with E-state index in [9.17, 15) is 4.79 Å². The Morgan fingerprint density at radius 3 is 2.81 bits per heavy atom. The van der Waals surface area contributed by atoms with Crippen molar-refractivity contribution in [1.82, 2.24) is 4.98 Å². The summed E-state index contributed by atoms with van der Waals surface area (Å²) in [4.78, 5) is 17.1. The first kappa shape index (κ1) is 10.7. The first-order chi connectivity index (χ1) is 7.59. The summed E-state index contributed by atoms with van der Waals surface area (Å²) in [5.41, 5.74) is 5.88. The molecule has 1 aliphatic rings. The molecule has 1 heterocycles. The molecule has 1 aromatic rings. The Labute approximate surface area is 93.9 Å². The van der Waals surface area contributed by atoms with Gasteiger partial charge in [0, 0.05) is 13.1 Å². The highest BCUT2D eigenvalue weighted by atomic mass is 16.4. The van der Waals surface area contributed by atoms with Gasteiger partial charge in [0.1, 0.15) is 5.82 Å². The maximum atomic E-state index is 10.9. The van der Waals surface area contributed by atoms with Gasteiger partial charge in [0.05, 0.1) is 17.4 Å². The van der Waals surface area contributed by atoms with Crippen molar-refractivity contribution in [1.29, 1.82) is 0 Å². The van der Waals surface area contributed by atoms with Crippen molar-refractivity contribution < 1.29 is 9.90 Å². The lowest BCUT2D eigenvalue weighted by molar-refractivity contribution is 0.0698. The van der Waals surface area contributed by atoms with Gasteiger partial charge >= 0.3 is 5.97 Å². The topological polar surface area (TPSA) is 79.5 Å². The molecule has 0 atom stereocenters. The predicted octanol–water partition coefficient (Wildman–Crippen LogP) is 1.35. The summed E-state index contributed by atoms with van der Waals surface area (Å²) in [5.74, 6) is -0.334. The number of carbonyl (C=O) groups is 1. The van der Waals surface area contributed by atoms with Gasteiger partial charge in [-0.05, 0) is 25.3 Å². The number of aromatic carboxylic acids is 1. The quantitative estimate of drug-likeness (QED) is 0.805. The van der Waals surface area contributed by atoms with E-state index in [-0.39, 0.29) is 11.3 Å². The van der Waals surface area contributed by atoms with Gasteiger partial charge in [-0.25, -0.2) is 9.78 Å². The summed E-state index contributed by atoms with van der Waals surface area (Å²) >= 11 is 0. The molecule has 1 aromatic heterocycles. The Balaban J connectivity index is 2.27. The number of aromatic nitrogens is 1. The van der Waals surface area contributed by atoms with Gasteiger partial charge in [0.25, 0.3) is 0 Å². The molecule has 86 valence electrons. The first-order valence-electron chi connectivity index (χ1n) is 5.31. The number of rotatable bonds is 3. The zero-order valence-electron chi connectivity index (χ0n) is 9.18. The molecule has 0 radical (unpaired) electrons. The highest BCUT2D eigenvalue weighted by molar-refractivity contribution is 5.94. The Hall–Kier alpha value is -1.78. The van der Waals surface area contributed by atoms with Crippen molar-refractivity contribution in [3.8, 4) is 0 Å². The number of carboxylic acid groups (broad SMARTS) is 1. The van der Waals surface area contributed by atoms with Crippen LogP contribution in [0, 0.1) is 0 Å². The zero-order valence-corrected chi connectivity index (χ0v) is 9.18. The number of carboxylic acids is 1. The van der Waals surface area contributed by atoms with Crippen LogP contribution >= 0.6 is 0 Å². The molecular weight excluding hydrogens is 206 g/mol. The van der Waals surface area contributed by atoms with E-state index in [1.54, 1.807) is 0 Å². The van der Waals surface area contributed by atoms with E-state index in [0.29, 0.717) is 11.9 Å². The van der Waals surface area contributed by atoms with Crippen molar-refractivity contribution in [3.63, 3.8) is 0 Å². The minimum absolute atomic E-state index is 0.121. The van der Waals surface area contributed by atoms with Gasteiger partial charge in [0.2, 0.25) is 0 Å². The molecule has 3 N–H and O–H groups in total. The fourth-order valence-corrected chi connectivity index (χ4v) is 1.79. The lowest BCUT2D eigenvalue weighted by Crippen LogP contribution is -2.37. The predicted molar refractivity (Wildman–Crippen MR) is 61.7 cm³/mol. The van der Waals surface area contributed by atoms with Crippen LogP contribution in [0.3, 0.4) is 0 Å². The molecule has 0 aliphatic heterocycles. The van der Waals surface area contributed by atoms with Gasteiger partial charge in [-0.1, -0.05) is 0 Å². The van der Waals surface area contributed by atoms with Crippen molar-refractivity contribution in [2.75, 3.05) is 17.7 Å². The second kappa shape index (κ2) is 4.00. The normalized spacial score (nSPS) is 15.6. The molecule has 0 bridgehead atoms. The molecular formula is C11H15N3O2. The van der Waals surface area contributed by atoms with Crippen LogP contribution in [-0.2, 0) is 0 Å². The van der Waals surface area contributed by atoms with E-state index in [1.807, 2.05) is 11.9 Å². The third-order valence-electron chi connectivity index (χ3n) is 3.13. The average Bonchev–Trinajstić information content (AvgIpc) is 2.15. The highest BCUT2D eigenvalue weighted by Crippen LogP contribution is 2.28. The summed E-state index contributed by atoms with van der Waals surface area (Å²) in [6.07, 6.45) is 4.93. The number of anilines is 2. The zero-order chi connectivity index (χ0) is 11.7. The molecule has 1 fully saturated rings. The van der Waals surface area contributed by atoms with Crippen LogP contribution in [0.5, 0.6) is 0 Å². The van der Waals surface area contributed by atoms with E-state index < -0.39 is 5.97 Å². The Kier molecular flexibility index (Phi) is 2.68. The van der Waals surface area contributed by atoms with Crippen molar-refractivity contribution >= 4 is 17.5 Å². The summed E-state index contributed by atoms with van der Waals surface area (Å²) in [7, 11) is 1.94. The van der Waals surface area contributed by atoms with Crippen LogP contribution in [0.15, 0.2) is 12.3 Å². The molecule has 1 saturated carbocycles. The van der Waals surface area contributed by atoms with Gasteiger partial charge in [-0.15, -0.1) is 0 Å². The second-order valence-electron chi connectivity index (χ2n) is 4.13. The van der Waals surface area contributed by atoms with Gasteiger partial charge in [-0.3, -0.25) is 0 Å². The molecule has 0 aromatic carbocycles. The summed E-state index contributed by atoms with van der Waals surface area (Å²) < 4.78 is 0. The fraction of sp³-hybridized carbons (Fsp3) is 0.455. The number of pyridine rings is 1. The van der Waals surface area contributed by atoms with Crippen LogP contribution in [0.1, 0.15) is 29.6 Å². The summed E-state index contributed by atoms with van der Waals surface area (Å²) in [5, 5.41) is 8.96. The van der Waals surface area contributed by atoms with Crippen LogP contribution in [-0.4, -0.2) is 29.1 Å². The molecule has 0 unspecified atom stereocenters. The van der Waals surface area contributed by atoms with Crippen LogP contribution < -0.4 is 10.6 Å². The maximum Gasteiger partial charge on any atom is 0.337 e. The summed E-state index contributed by atoms with van der Waals surface area (Å²) in [6, 6.07) is 2.02. The minimum atomic E-state index is -1.01. The standard InChI is InChI=1S/C11H15N3O2/c1-14(7-3-2-4-7)10-5-8(11(15)16)9(12)6-13-10/h5-7H,2-4,12H2,1H3,(H,15,16). The number of nitrogens with two attached hydrogens (primary N) is 1. The second-order valence-corrected chi connectivity index (χ2v) is 4.13. The maximum absolute atomic E-state index is 10.9. The molecule has 0 spiro atoms. The number of hydrogen-bond acceptors (Lipinski definition) is 4. The lowest BCUT2D eigenvalue weighted by atomic mass is 9.92. The number of nitrogens with zero attached hydrogens (tertiary/aromatic N) is 2. The third-order valence-corrected chi connectivity index (χ3v) is 3.13. The van der Waals surface area contributed by atoms with Gasteiger partial charge in [0.15, 0.2) is 0 Å². The fourth-order valence-electron chi connectivity index (χ4n) is 1.79. The van der Waals surface area contributed by atoms with Crippen molar-refractivity contribution in [2.45, 2.75) is 25.3 Å². The molecule has 0 saturated heterocycles. The first-order valence-corrected chi connectivity index (χ1v) is 5.31. The number of hydrogen-bond donors (Lipinski definition) is 2. The molecule has 0 amide bonds. The molecule has 16 heavy (non-hydrogen) atoms. The molecule has 5 heteroatoms. The largest absolute Gasteiger partial charge is 0.478 e. The van der Waals surface area contributed by atoms with Crippen molar-refractivity contribution in [3.05, 3.63) is 17.8 Å². The smallest absolute Gasteiger partial charge is 0.337 e. The van der Waals surface area contributed by atoms with Crippen LogP contribution in [0.4, 0.5) is 11.5 Å². The summed E-state index contributed by atoms with van der Waals surface area (Å²) in [6.45, 7) is 0. The van der Waals surface area contributed by atoms with E-state index in [4.69, 9.17) is 10.8 Å². The van der Waals surface area contributed by atoms with Crippen LogP contribution in [0.25, 0.3) is 0 Å². The monoisotopic (exact) mass is 221 g/mol. The lowest BCUT2D eigenvalue weighted by Gasteiger charge is -2.35. The third kappa shape index (κ3) is 1.80. The minimum Gasteiger partial charge on any atom is -0.478 e. The van der Waals surface area contributed by atoms with Crippen LogP contribution in [0.2, 0.25) is 0 Å². The highest BCUT2D eigenvalue weighted by Gasteiger charge is 2.23. The average molecular weight is 221 g/mol. The Bertz CT molecular complexity index is 416. The van der Waals surface area contributed by atoms with Gasteiger partial charge < -0.3 is 15.7 Å². The van der Waals surface area contributed by atoms with Gasteiger partial charge in [-0.2, -0.15) is 0 Å². The van der Waals surface area contributed by atoms with E-state index >= 15 is 0 Å². The molecule has 2 rings (SSSR count).